The van der Waals surface area contributed by atoms with Crippen LogP contribution in [0.25, 0.3) is 0 Å². The lowest BCUT2D eigenvalue weighted by Crippen LogP contribution is -2.12. The van der Waals surface area contributed by atoms with Crippen LogP contribution in [-0.4, -0.2) is 11.1 Å². The van der Waals surface area contributed by atoms with E-state index < -0.39 is 5.97 Å². The molecule has 0 fully saturated rings. The first-order valence-electron chi connectivity index (χ1n) is 3.72. The Bertz CT molecular complexity index is 236. The minimum atomic E-state index is -0.791. The number of hydrogen-bond acceptors (Lipinski definition) is 1. The molecule has 1 rings (SSSR count). The van der Waals surface area contributed by atoms with Crippen LogP contribution in [0.4, 0.5) is 0 Å². The van der Waals surface area contributed by atoms with Gasteiger partial charge in [0, 0.05) is 5.57 Å². The number of rotatable bonds is 1. The maximum Gasteiger partial charge on any atom is 0.331 e. The van der Waals surface area contributed by atoms with Crippen LogP contribution in [0.3, 0.4) is 0 Å². The van der Waals surface area contributed by atoms with Crippen molar-refractivity contribution in [3.05, 3.63) is 23.3 Å². The van der Waals surface area contributed by atoms with Gasteiger partial charge >= 0.3 is 5.97 Å². The van der Waals surface area contributed by atoms with Crippen LogP contribution in [0.5, 0.6) is 0 Å². The van der Waals surface area contributed by atoms with Crippen molar-refractivity contribution in [3.63, 3.8) is 0 Å². The van der Waals surface area contributed by atoms with Gasteiger partial charge in [0.25, 0.3) is 0 Å². The fourth-order valence-electron chi connectivity index (χ4n) is 1.34. The average molecular weight is 152 g/mol. The third-order valence-corrected chi connectivity index (χ3v) is 1.95. The molecule has 2 heteroatoms. The number of carbonyl (C=O) groups is 1. The number of aliphatic carboxylic acids is 1. The molecule has 0 heterocycles. The predicted octanol–water partition coefficient (Wildman–Crippen LogP) is 1.98. The zero-order chi connectivity index (χ0) is 8.43. The van der Waals surface area contributed by atoms with Crippen molar-refractivity contribution in [1.82, 2.24) is 0 Å². The highest BCUT2D eigenvalue weighted by Gasteiger charge is 2.18. The van der Waals surface area contributed by atoms with Gasteiger partial charge in [0.2, 0.25) is 0 Å². The van der Waals surface area contributed by atoms with Gasteiger partial charge < -0.3 is 5.11 Å². The molecule has 1 aliphatic rings. The highest BCUT2D eigenvalue weighted by molar-refractivity contribution is 5.87. The van der Waals surface area contributed by atoms with E-state index in [0.717, 1.165) is 6.42 Å². The molecule has 11 heavy (non-hydrogen) atoms. The molecule has 0 saturated heterocycles. The van der Waals surface area contributed by atoms with Crippen LogP contribution in [0.15, 0.2) is 23.3 Å². The Balaban J connectivity index is 2.87. The maximum absolute atomic E-state index is 10.6. The summed E-state index contributed by atoms with van der Waals surface area (Å²) in [7, 11) is 0. The first kappa shape index (κ1) is 8.05. The Morgan fingerprint density at radius 1 is 1.64 bits per heavy atom. The van der Waals surface area contributed by atoms with Crippen LogP contribution in [0, 0.1) is 5.92 Å². The van der Waals surface area contributed by atoms with E-state index in [1.54, 1.807) is 6.08 Å². The van der Waals surface area contributed by atoms with Crippen LogP contribution >= 0.6 is 0 Å². The van der Waals surface area contributed by atoms with Gasteiger partial charge in [-0.1, -0.05) is 24.6 Å². The molecule has 0 aromatic rings. The second-order valence-corrected chi connectivity index (χ2v) is 3.05. The van der Waals surface area contributed by atoms with Gasteiger partial charge in [0.1, 0.15) is 0 Å². The Morgan fingerprint density at radius 3 is 2.73 bits per heavy atom. The van der Waals surface area contributed by atoms with Gasteiger partial charge in [-0.2, -0.15) is 0 Å². The van der Waals surface area contributed by atoms with E-state index in [2.05, 4.69) is 0 Å². The molecule has 2 nitrogen and oxygen atoms in total. The van der Waals surface area contributed by atoms with Crippen molar-refractivity contribution in [3.8, 4) is 0 Å². The normalized spacial score (nSPS) is 24.0. The lowest BCUT2D eigenvalue weighted by Gasteiger charge is -2.15. The van der Waals surface area contributed by atoms with Gasteiger partial charge in [-0.25, -0.2) is 4.79 Å². The van der Waals surface area contributed by atoms with Gasteiger partial charge in [0.05, 0.1) is 0 Å². The summed E-state index contributed by atoms with van der Waals surface area (Å²) in [6.07, 6.45) is 4.45. The summed E-state index contributed by atoms with van der Waals surface area (Å²) in [5, 5.41) is 8.70. The molecule has 1 unspecified atom stereocenters. The van der Waals surface area contributed by atoms with E-state index in [1.165, 1.54) is 5.57 Å². The molecule has 0 amide bonds. The summed E-state index contributed by atoms with van der Waals surface area (Å²) in [6, 6.07) is 0. The third kappa shape index (κ3) is 1.70. The Kier molecular flexibility index (Phi) is 2.13. The molecule has 0 aliphatic heterocycles. The third-order valence-electron chi connectivity index (χ3n) is 1.95. The molecule has 0 saturated carbocycles. The van der Waals surface area contributed by atoms with Gasteiger partial charge in [-0.3, -0.25) is 0 Å². The second-order valence-electron chi connectivity index (χ2n) is 3.05. The highest BCUT2D eigenvalue weighted by atomic mass is 16.4. The van der Waals surface area contributed by atoms with Crippen molar-refractivity contribution in [2.45, 2.75) is 20.3 Å². The molecular formula is C9H12O2. The molecule has 1 N–H and O–H groups in total. The molecular weight excluding hydrogens is 140 g/mol. The second kappa shape index (κ2) is 2.91. The summed E-state index contributed by atoms with van der Waals surface area (Å²) >= 11 is 0. The fourth-order valence-corrected chi connectivity index (χ4v) is 1.34. The summed E-state index contributed by atoms with van der Waals surface area (Å²) in [5.74, 6) is -0.626. The molecule has 1 aliphatic carbocycles. The van der Waals surface area contributed by atoms with Crippen molar-refractivity contribution in [2.75, 3.05) is 0 Å². The van der Waals surface area contributed by atoms with E-state index in [9.17, 15) is 4.79 Å². The largest absolute Gasteiger partial charge is 0.478 e. The van der Waals surface area contributed by atoms with Crippen molar-refractivity contribution in [2.24, 2.45) is 5.92 Å². The van der Waals surface area contributed by atoms with Gasteiger partial charge in [0.15, 0.2) is 0 Å². The quantitative estimate of drug-likeness (QED) is 0.623. The van der Waals surface area contributed by atoms with Crippen LogP contribution in [0.1, 0.15) is 20.3 Å². The van der Waals surface area contributed by atoms with Crippen molar-refractivity contribution < 1.29 is 9.90 Å². The monoisotopic (exact) mass is 152 g/mol. The first-order chi connectivity index (χ1) is 5.11. The SMILES string of the molecule is CC1=CC=C(C(=O)O)C(C)C1. The number of allylic oxidation sites excluding steroid dienone is 3. The first-order valence-corrected chi connectivity index (χ1v) is 3.72. The van der Waals surface area contributed by atoms with Crippen LogP contribution in [-0.2, 0) is 4.79 Å². The molecule has 0 aromatic heterocycles. The smallest absolute Gasteiger partial charge is 0.331 e. The summed E-state index contributed by atoms with van der Waals surface area (Å²) in [6.45, 7) is 3.96. The van der Waals surface area contributed by atoms with Gasteiger partial charge in [-0.15, -0.1) is 0 Å². The average Bonchev–Trinajstić information content (AvgIpc) is 1.85. The molecule has 0 radical (unpaired) electrons. The standard InChI is InChI=1S/C9H12O2/c1-6-3-4-8(9(10)11)7(2)5-6/h3-4,7H,5H2,1-2H3,(H,10,11). The Hall–Kier alpha value is -1.05. The molecule has 0 spiro atoms. The molecule has 60 valence electrons. The summed E-state index contributed by atoms with van der Waals surface area (Å²) < 4.78 is 0. The van der Waals surface area contributed by atoms with E-state index in [-0.39, 0.29) is 5.92 Å². The lowest BCUT2D eigenvalue weighted by atomic mass is 9.89. The minimum absolute atomic E-state index is 0.164. The van der Waals surface area contributed by atoms with E-state index in [4.69, 9.17) is 5.11 Å². The zero-order valence-corrected chi connectivity index (χ0v) is 6.79. The zero-order valence-electron chi connectivity index (χ0n) is 6.79. The lowest BCUT2D eigenvalue weighted by molar-refractivity contribution is -0.133. The topological polar surface area (TPSA) is 37.3 Å². The van der Waals surface area contributed by atoms with E-state index >= 15 is 0 Å². The molecule has 0 aromatic carbocycles. The number of carboxylic acid groups (broad SMARTS) is 1. The van der Waals surface area contributed by atoms with Crippen LogP contribution < -0.4 is 0 Å². The van der Waals surface area contributed by atoms with E-state index in [1.807, 2.05) is 19.9 Å². The van der Waals surface area contributed by atoms with Crippen molar-refractivity contribution in [1.29, 1.82) is 0 Å². The van der Waals surface area contributed by atoms with Crippen molar-refractivity contribution >= 4 is 5.97 Å². The Morgan fingerprint density at radius 2 is 2.27 bits per heavy atom. The minimum Gasteiger partial charge on any atom is -0.478 e. The van der Waals surface area contributed by atoms with Crippen LogP contribution in [0.2, 0.25) is 0 Å². The van der Waals surface area contributed by atoms with Gasteiger partial charge in [-0.05, 0) is 19.3 Å². The fraction of sp³-hybridized carbons (Fsp3) is 0.444. The molecule has 0 bridgehead atoms. The van der Waals surface area contributed by atoms with E-state index in [0.29, 0.717) is 5.57 Å². The summed E-state index contributed by atoms with van der Waals surface area (Å²) in [4.78, 5) is 10.6. The predicted molar refractivity (Wildman–Crippen MR) is 43.3 cm³/mol. The Labute approximate surface area is 66.2 Å². The number of hydrogen-bond donors (Lipinski definition) is 1. The number of carboxylic acids is 1. The molecule has 1 atom stereocenters. The maximum atomic E-state index is 10.6. The summed E-state index contributed by atoms with van der Waals surface area (Å²) in [5.41, 5.74) is 1.78. The highest BCUT2D eigenvalue weighted by Crippen LogP contribution is 2.24.